The SMILES string of the molecule is CNC(=O)C1(c2ccccn2)CCCN1Cc1ccccc1OCc1cccc(F)c1. The number of carbonyl (C=O) groups is 1. The monoisotopic (exact) mass is 419 g/mol. The summed E-state index contributed by atoms with van der Waals surface area (Å²) >= 11 is 0. The largest absolute Gasteiger partial charge is 0.489 e. The number of hydrogen-bond donors (Lipinski definition) is 1. The molecule has 1 saturated heterocycles. The highest BCUT2D eigenvalue weighted by molar-refractivity contribution is 5.87. The van der Waals surface area contributed by atoms with Crippen molar-refractivity contribution in [1.29, 1.82) is 0 Å². The third-order valence-corrected chi connectivity index (χ3v) is 5.81. The van der Waals surface area contributed by atoms with E-state index in [1.165, 1.54) is 12.1 Å². The van der Waals surface area contributed by atoms with Gasteiger partial charge in [-0.05, 0) is 55.3 Å². The van der Waals surface area contributed by atoms with Crippen molar-refractivity contribution in [3.05, 3.63) is 95.6 Å². The van der Waals surface area contributed by atoms with Gasteiger partial charge in [0.15, 0.2) is 0 Å². The summed E-state index contributed by atoms with van der Waals surface area (Å²) in [5.74, 6) is 0.393. The highest BCUT2D eigenvalue weighted by Gasteiger charge is 2.49. The maximum absolute atomic E-state index is 13.5. The van der Waals surface area contributed by atoms with E-state index in [4.69, 9.17) is 4.74 Å². The number of pyridine rings is 1. The van der Waals surface area contributed by atoms with Crippen LogP contribution in [-0.2, 0) is 23.5 Å². The molecule has 1 fully saturated rings. The van der Waals surface area contributed by atoms with E-state index >= 15 is 0 Å². The smallest absolute Gasteiger partial charge is 0.246 e. The Labute approximate surface area is 181 Å². The number of likely N-dealkylation sites (tertiary alicyclic amines) is 1. The third-order valence-electron chi connectivity index (χ3n) is 5.81. The molecule has 160 valence electrons. The van der Waals surface area contributed by atoms with Crippen molar-refractivity contribution >= 4 is 5.91 Å². The fourth-order valence-corrected chi connectivity index (χ4v) is 4.34. The highest BCUT2D eigenvalue weighted by Crippen LogP contribution is 2.40. The van der Waals surface area contributed by atoms with Gasteiger partial charge in [-0.25, -0.2) is 4.39 Å². The molecule has 1 N–H and O–H groups in total. The summed E-state index contributed by atoms with van der Waals surface area (Å²) in [4.78, 5) is 19.8. The summed E-state index contributed by atoms with van der Waals surface area (Å²) in [7, 11) is 1.67. The summed E-state index contributed by atoms with van der Waals surface area (Å²) < 4.78 is 19.5. The second-order valence-corrected chi connectivity index (χ2v) is 7.71. The van der Waals surface area contributed by atoms with E-state index in [-0.39, 0.29) is 18.3 Å². The number of nitrogens with zero attached hydrogens (tertiary/aromatic N) is 2. The van der Waals surface area contributed by atoms with E-state index in [0.29, 0.717) is 13.0 Å². The van der Waals surface area contributed by atoms with Gasteiger partial charge in [0, 0.05) is 25.4 Å². The van der Waals surface area contributed by atoms with Gasteiger partial charge in [0.1, 0.15) is 23.7 Å². The molecule has 1 amide bonds. The van der Waals surface area contributed by atoms with Gasteiger partial charge in [-0.3, -0.25) is 14.7 Å². The summed E-state index contributed by atoms with van der Waals surface area (Å²) in [5, 5.41) is 2.84. The number of nitrogens with one attached hydrogen (secondary N) is 1. The zero-order valence-electron chi connectivity index (χ0n) is 17.6. The van der Waals surface area contributed by atoms with Crippen LogP contribution in [0.4, 0.5) is 4.39 Å². The number of aromatic nitrogens is 1. The van der Waals surface area contributed by atoms with Gasteiger partial charge in [0.05, 0.1) is 5.69 Å². The molecule has 2 heterocycles. The number of para-hydroxylation sites is 1. The molecule has 0 radical (unpaired) electrons. The number of hydrogen-bond acceptors (Lipinski definition) is 4. The predicted molar refractivity (Wildman–Crippen MR) is 117 cm³/mol. The van der Waals surface area contributed by atoms with Crippen molar-refractivity contribution in [1.82, 2.24) is 15.2 Å². The Bertz CT molecular complexity index is 1040. The molecule has 0 saturated carbocycles. The Kier molecular flexibility index (Phi) is 6.28. The number of halogens is 1. The Morgan fingerprint density at radius 1 is 1.16 bits per heavy atom. The Hall–Kier alpha value is -3.25. The minimum Gasteiger partial charge on any atom is -0.489 e. The fraction of sp³-hybridized carbons (Fsp3) is 0.280. The lowest BCUT2D eigenvalue weighted by Gasteiger charge is -2.36. The van der Waals surface area contributed by atoms with Gasteiger partial charge in [-0.15, -0.1) is 0 Å². The van der Waals surface area contributed by atoms with Crippen LogP contribution in [0.1, 0.15) is 29.7 Å². The minimum absolute atomic E-state index is 0.0538. The maximum atomic E-state index is 13.5. The Balaban J connectivity index is 1.60. The van der Waals surface area contributed by atoms with Gasteiger partial charge in [-0.1, -0.05) is 36.4 Å². The van der Waals surface area contributed by atoms with Crippen LogP contribution in [0.5, 0.6) is 5.75 Å². The first-order chi connectivity index (χ1) is 15.1. The number of benzene rings is 2. The minimum atomic E-state index is -0.814. The number of rotatable bonds is 7. The van der Waals surface area contributed by atoms with Crippen LogP contribution in [0.2, 0.25) is 0 Å². The molecular weight excluding hydrogens is 393 g/mol. The molecule has 1 aromatic heterocycles. The third kappa shape index (κ3) is 4.30. The van der Waals surface area contributed by atoms with Crippen LogP contribution in [0, 0.1) is 5.82 Å². The number of carbonyl (C=O) groups excluding carboxylic acids is 1. The molecule has 3 aromatic rings. The van der Waals surface area contributed by atoms with Crippen LogP contribution < -0.4 is 10.1 Å². The van der Waals surface area contributed by atoms with Crippen molar-refractivity contribution in [2.24, 2.45) is 0 Å². The molecular formula is C25H26FN3O2. The highest BCUT2D eigenvalue weighted by atomic mass is 19.1. The van der Waals surface area contributed by atoms with Gasteiger partial charge in [-0.2, -0.15) is 0 Å². The van der Waals surface area contributed by atoms with Crippen LogP contribution in [0.15, 0.2) is 72.9 Å². The molecule has 5 nitrogen and oxygen atoms in total. The van der Waals surface area contributed by atoms with Gasteiger partial charge in [0.25, 0.3) is 0 Å². The summed E-state index contributed by atoms with van der Waals surface area (Å²) in [6.07, 6.45) is 3.33. The first kappa shape index (κ1) is 21.0. The van der Waals surface area contributed by atoms with Crippen LogP contribution >= 0.6 is 0 Å². The molecule has 1 aliphatic heterocycles. The second-order valence-electron chi connectivity index (χ2n) is 7.71. The topological polar surface area (TPSA) is 54.5 Å². The molecule has 0 spiro atoms. The second kappa shape index (κ2) is 9.27. The summed E-state index contributed by atoms with van der Waals surface area (Å²) in [5.41, 5.74) is 1.69. The lowest BCUT2D eigenvalue weighted by Crippen LogP contribution is -2.52. The number of amides is 1. The molecule has 6 heteroatoms. The first-order valence-electron chi connectivity index (χ1n) is 10.5. The molecule has 4 rings (SSSR count). The van der Waals surface area contributed by atoms with Crippen molar-refractivity contribution in [3.63, 3.8) is 0 Å². The molecule has 31 heavy (non-hydrogen) atoms. The van der Waals surface area contributed by atoms with Gasteiger partial charge in [0.2, 0.25) is 5.91 Å². The van der Waals surface area contributed by atoms with Crippen molar-refractivity contribution < 1.29 is 13.9 Å². The van der Waals surface area contributed by atoms with E-state index in [9.17, 15) is 9.18 Å². The van der Waals surface area contributed by atoms with Gasteiger partial charge < -0.3 is 10.1 Å². The van der Waals surface area contributed by atoms with Crippen molar-refractivity contribution in [3.8, 4) is 5.75 Å². The predicted octanol–water partition coefficient (Wildman–Crippen LogP) is 4.04. The van der Waals surface area contributed by atoms with Crippen LogP contribution in [0.25, 0.3) is 0 Å². The van der Waals surface area contributed by atoms with E-state index in [1.54, 1.807) is 19.3 Å². The van der Waals surface area contributed by atoms with Crippen molar-refractivity contribution in [2.45, 2.75) is 31.5 Å². The maximum Gasteiger partial charge on any atom is 0.246 e. The summed E-state index contributed by atoms with van der Waals surface area (Å²) in [6.45, 7) is 1.60. The van der Waals surface area contributed by atoms with E-state index in [2.05, 4.69) is 15.2 Å². The lowest BCUT2D eigenvalue weighted by atomic mass is 9.89. The average molecular weight is 420 g/mol. The molecule has 2 aromatic carbocycles. The number of ether oxygens (including phenoxy) is 1. The van der Waals surface area contributed by atoms with E-state index in [0.717, 1.165) is 35.5 Å². The number of likely N-dealkylation sites (N-methyl/N-ethyl adjacent to an activating group) is 1. The van der Waals surface area contributed by atoms with E-state index < -0.39 is 5.54 Å². The molecule has 1 unspecified atom stereocenters. The van der Waals surface area contributed by atoms with Crippen LogP contribution in [-0.4, -0.2) is 29.4 Å². The first-order valence-corrected chi connectivity index (χ1v) is 10.5. The van der Waals surface area contributed by atoms with E-state index in [1.807, 2.05) is 48.5 Å². The average Bonchev–Trinajstić information content (AvgIpc) is 3.23. The Morgan fingerprint density at radius 2 is 2.00 bits per heavy atom. The lowest BCUT2D eigenvalue weighted by molar-refractivity contribution is -0.132. The van der Waals surface area contributed by atoms with Crippen LogP contribution in [0.3, 0.4) is 0 Å². The fourth-order valence-electron chi connectivity index (χ4n) is 4.34. The Morgan fingerprint density at radius 3 is 2.77 bits per heavy atom. The summed E-state index contributed by atoms with van der Waals surface area (Å²) in [6, 6.07) is 19.9. The van der Waals surface area contributed by atoms with Gasteiger partial charge >= 0.3 is 0 Å². The molecule has 0 aliphatic carbocycles. The quantitative estimate of drug-likeness (QED) is 0.628. The molecule has 1 atom stereocenters. The van der Waals surface area contributed by atoms with Crippen molar-refractivity contribution in [2.75, 3.05) is 13.6 Å². The zero-order chi connectivity index (χ0) is 21.7. The standard InChI is InChI=1S/C25H26FN3O2/c1-27-24(30)25(23-12-4-5-14-28-23)13-7-15-29(25)17-20-9-2-3-11-22(20)31-18-19-8-6-10-21(26)16-19/h2-6,8-12,14,16H,7,13,15,17-18H2,1H3,(H,27,30). The normalized spacial score (nSPS) is 18.6. The molecule has 1 aliphatic rings. The zero-order valence-corrected chi connectivity index (χ0v) is 17.6. The molecule has 0 bridgehead atoms.